The molecule has 1 N–H and O–H groups in total. The molecule has 164 valence electrons. The maximum Gasteiger partial charge on any atom is 0.263 e. The predicted octanol–water partition coefficient (Wildman–Crippen LogP) is 5.22. The lowest BCUT2D eigenvalue weighted by molar-refractivity contribution is 0.0934. The maximum absolute atomic E-state index is 12.9. The van der Waals surface area contributed by atoms with E-state index in [0.717, 1.165) is 48.2 Å². The third-order valence-corrected chi connectivity index (χ3v) is 7.60. The molecule has 1 fully saturated rings. The zero-order valence-electron chi connectivity index (χ0n) is 18.1. The molecular weight excluding hydrogens is 426 g/mol. The maximum atomic E-state index is 12.9. The number of rotatable bonds is 8. The Kier molecular flexibility index (Phi) is 7.37. The molecule has 0 bridgehead atoms. The van der Waals surface area contributed by atoms with E-state index in [1.54, 1.807) is 0 Å². The van der Waals surface area contributed by atoms with Gasteiger partial charge in [0.05, 0.1) is 12.3 Å². The second-order valence-electron chi connectivity index (χ2n) is 7.92. The Hall–Kier alpha value is -2.22. The van der Waals surface area contributed by atoms with Crippen LogP contribution in [0.4, 0.5) is 0 Å². The lowest BCUT2D eigenvalue weighted by Gasteiger charge is -2.32. The molecule has 31 heavy (non-hydrogen) atoms. The number of carbonyl (C=O) groups is 1. The molecule has 1 atom stereocenters. The highest BCUT2D eigenvalue weighted by molar-refractivity contribution is 7.17. The molecule has 0 saturated carbocycles. The van der Waals surface area contributed by atoms with E-state index in [1.165, 1.54) is 29.1 Å². The van der Waals surface area contributed by atoms with E-state index in [0.29, 0.717) is 17.4 Å². The number of hydrogen-bond acceptors (Lipinski definition) is 6. The minimum atomic E-state index is -0.0115. The van der Waals surface area contributed by atoms with E-state index in [1.807, 2.05) is 49.4 Å². The van der Waals surface area contributed by atoms with Crippen molar-refractivity contribution in [2.75, 3.05) is 26.2 Å². The van der Waals surface area contributed by atoms with Crippen LogP contribution >= 0.6 is 22.7 Å². The lowest BCUT2D eigenvalue weighted by Crippen LogP contribution is -2.40. The lowest BCUT2D eigenvalue weighted by atomic mass is 9.98. The summed E-state index contributed by atoms with van der Waals surface area (Å²) in [5.74, 6) is 1.33. The van der Waals surface area contributed by atoms with Crippen molar-refractivity contribution in [3.05, 3.63) is 57.2 Å². The second-order valence-corrected chi connectivity index (χ2v) is 9.96. The monoisotopic (exact) mass is 455 g/mol. The Morgan fingerprint density at radius 2 is 2.13 bits per heavy atom. The fourth-order valence-corrected chi connectivity index (χ4v) is 5.73. The number of nitrogens with one attached hydrogen (secondary N) is 1. The number of thiophene rings is 1. The number of likely N-dealkylation sites (tertiary alicyclic amines) is 1. The smallest absolute Gasteiger partial charge is 0.263 e. The Balaban J connectivity index is 1.33. The highest BCUT2D eigenvalue weighted by Crippen LogP contribution is 2.29. The standard InChI is InChI=1S/C24H29N3O2S2/c1-3-29-20-10-8-19(9-11-20)24-26-17(2)22(31-24)23(28)25-14-18-6-4-12-27(15-18)16-21-7-5-13-30-21/h5,7-11,13,18H,3-4,6,12,14-16H2,1-2H3,(H,25,28). The number of amides is 1. The van der Waals surface area contributed by atoms with E-state index in [2.05, 4.69) is 32.7 Å². The van der Waals surface area contributed by atoms with Crippen molar-refractivity contribution in [1.29, 1.82) is 0 Å². The molecule has 1 amide bonds. The third-order valence-electron chi connectivity index (χ3n) is 5.53. The average molecular weight is 456 g/mol. The third kappa shape index (κ3) is 5.73. The van der Waals surface area contributed by atoms with Crippen molar-refractivity contribution in [3.8, 4) is 16.3 Å². The Morgan fingerprint density at radius 1 is 1.29 bits per heavy atom. The summed E-state index contributed by atoms with van der Waals surface area (Å²) in [5.41, 5.74) is 1.79. The summed E-state index contributed by atoms with van der Waals surface area (Å²) in [5, 5.41) is 6.17. The first kappa shape index (κ1) is 22.0. The van der Waals surface area contributed by atoms with Crippen molar-refractivity contribution in [2.24, 2.45) is 5.92 Å². The summed E-state index contributed by atoms with van der Waals surface area (Å²) in [6.45, 7) is 8.44. The van der Waals surface area contributed by atoms with Gasteiger partial charge >= 0.3 is 0 Å². The van der Waals surface area contributed by atoms with Gasteiger partial charge in [-0.3, -0.25) is 9.69 Å². The van der Waals surface area contributed by atoms with Crippen LogP contribution in [0.5, 0.6) is 5.75 Å². The zero-order chi connectivity index (χ0) is 21.6. The molecule has 0 spiro atoms. The van der Waals surface area contributed by atoms with Crippen molar-refractivity contribution < 1.29 is 9.53 Å². The van der Waals surface area contributed by atoms with Crippen molar-refractivity contribution in [1.82, 2.24) is 15.2 Å². The quantitative estimate of drug-likeness (QED) is 0.506. The largest absolute Gasteiger partial charge is 0.494 e. The minimum Gasteiger partial charge on any atom is -0.494 e. The van der Waals surface area contributed by atoms with Crippen LogP contribution in [0.2, 0.25) is 0 Å². The van der Waals surface area contributed by atoms with Gasteiger partial charge in [0.15, 0.2) is 0 Å². The topological polar surface area (TPSA) is 54.5 Å². The summed E-state index contributed by atoms with van der Waals surface area (Å²) < 4.78 is 5.51. The first-order chi connectivity index (χ1) is 15.1. The van der Waals surface area contributed by atoms with Gasteiger partial charge in [0.2, 0.25) is 0 Å². The van der Waals surface area contributed by atoms with E-state index >= 15 is 0 Å². The number of hydrogen-bond donors (Lipinski definition) is 1. The minimum absolute atomic E-state index is 0.0115. The molecule has 7 heteroatoms. The molecule has 5 nitrogen and oxygen atoms in total. The first-order valence-electron chi connectivity index (χ1n) is 10.9. The van der Waals surface area contributed by atoms with Gasteiger partial charge in [-0.15, -0.1) is 22.7 Å². The number of nitrogens with zero attached hydrogens (tertiary/aromatic N) is 2. The fraction of sp³-hybridized carbons (Fsp3) is 0.417. The van der Waals surface area contributed by atoms with Crippen molar-refractivity contribution in [3.63, 3.8) is 0 Å². The van der Waals surface area contributed by atoms with Crippen molar-refractivity contribution in [2.45, 2.75) is 33.2 Å². The molecule has 0 aliphatic carbocycles. The van der Waals surface area contributed by atoms with Crippen LogP contribution in [0, 0.1) is 12.8 Å². The number of benzene rings is 1. The number of aromatic nitrogens is 1. The first-order valence-corrected chi connectivity index (χ1v) is 12.6. The summed E-state index contributed by atoms with van der Waals surface area (Å²) >= 11 is 3.27. The molecule has 1 unspecified atom stereocenters. The predicted molar refractivity (Wildman–Crippen MR) is 128 cm³/mol. The molecule has 2 aromatic heterocycles. The molecule has 3 aromatic rings. The van der Waals surface area contributed by atoms with Crippen LogP contribution in [-0.4, -0.2) is 42.0 Å². The number of carbonyl (C=O) groups excluding carboxylic acids is 1. The molecule has 3 heterocycles. The molecule has 1 aliphatic rings. The van der Waals surface area contributed by atoms with Crippen molar-refractivity contribution >= 4 is 28.6 Å². The number of piperidine rings is 1. The van der Waals surface area contributed by atoms with Gasteiger partial charge in [-0.1, -0.05) is 6.07 Å². The van der Waals surface area contributed by atoms with Gasteiger partial charge in [-0.25, -0.2) is 4.98 Å². The number of ether oxygens (including phenoxy) is 1. The van der Waals surface area contributed by atoms with E-state index < -0.39 is 0 Å². The van der Waals surface area contributed by atoms with Crippen LogP contribution in [0.15, 0.2) is 41.8 Å². The van der Waals surface area contributed by atoms with Gasteiger partial charge in [0.25, 0.3) is 5.91 Å². The van der Waals surface area contributed by atoms with Gasteiger partial charge in [-0.2, -0.15) is 0 Å². The molecular formula is C24H29N3O2S2. The highest BCUT2D eigenvalue weighted by atomic mass is 32.1. The Labute approximate surface area is 192 Å². The summed E-state index contributed by atoms with van der Waals surface area (Å²) in [6.07, 6.45) is 2.35. The fourth-order valence-electron chi connectivity index (χ4n) is 3.99. The Morgan fingerprint density at radius 3 is 2.87 bits per heavy atom. The SMILES string of the molecule is CCOc1ccc(-c2nc(C)c(C(=O)NCC3CCCN(Cc4cccs4)C3)s2)cc1. The molecule has 1 saturated heterocycles. The van der Waals surface area contributed by atoms with E-state index in [9.17, 15) is 4.79 Å². The molecule has 1 aliphatic heterocycles. The summed E-state index contributed by atoms with van der Waals surface area (Å²) in [4.78, 5) is 22.1. The summed E-state index contributed by atoms with van der Waals surface area (Å²) in [7, 11) is 0. The number of thiazole rings is 1. The molecule has 0 radical (unpaired) electrons. The van der Waals surface area contributed by atoms with E-state index in [-0.39, 0.29) is 5.91 Å². The van der Waals surface area contributed by atoms with Crippen LogP contribution in [-0.2, 0) is 6.54 Å². The summed E-state index contributed by atoms with van der Waals surface area (Å²) in [6, 6.07) is 12.2. The second kappa shape index (κ2) is 10.4. The van der Waals surface area contributed by atoms with E-state index in [4.69, 9.17) is 4.74 Å². The van der Waals surface area contributed by atoms with Gasteiger partial charge in [-0.05, 0) is 74.9 Å². The Bertz CT molecular complexity index is 983. The van der Waals surface area contributed by atoms with Gasteiger partial charge in [0.1, 0.15) is 15.6 Å². The molecule has 1 aromatic carbocycles. The molecule has 4 rings (SSSR count). The number of aryl methyl sites for hydroxylation is 1. The van der Waals surface area contributed by atoms with Gasteiger partial charge < -0.3 is 10.1 Å². The zero-order valence-corrected chi connectivity index (χ0v) is 19.7. The van der Waals surface area contributed by atoms with Crippen LogP contribution in [0.3, 0.4) is 0 Å². The van der Waals surface area contributed by atoms with Crippen LogP contribution < -0.4 is 10.1 Å². The van der Waals surface area contributed by atoms with Gasteiger partial charge in [0, 0.05) is 30.1 Å². The highest BCUT2D eigenvalue weighted by Gasteiger charge is 2.22. The van der Waals surface area contributed by atoms with Crippen LogP contribution in [0.1, 0.15) is 40.0 Å². The normalized spacial score (nSPS) is 16.9. The van der Waals surface area contributed by atoms with Crippen LogP contribution in [0.25, 0.3) is 10.6 Å². The average Bonchev–Trinajstić information content (AvgIpc) is 3.43.